The molecule has 0 unspecified atom stereocenters. The van der Waals surface area contributed by atoms with E-state index >= 15 is 0 Å². The number of anilines is 1. The molecule has 120 valence electrons. The molecule has 4 nitrogen and oxygen atoms in total. The van der Waals surface area contributed by atoms with Gasteiger partial charge in [-0.15, -0.1) is 0 Å². The van der Waals surface area contributed by atoms with Gasteiger partial charge in [0.15, 0.2) is 0 Å². The molecular formula is C19H16N2O2S. The van der Waals surface area contributed by atoms with Crippen LogP contribution in [-0.4, -0.2) is 13.4 Å². The van der Waals surface area contributed by atoms with Crippen molar-refractivity contribution in [3.05, 3.63) is 72.3 Å². The number of aromatic amines is 1. The largest absolute Gasteiger partial charge is 0.353 e. The highest BCUT2D eigenvalue weighted by Crippen LogP contribution is 2.31. The second-order valence-electron chi connectivity index (χ2n) is 5.82. The number of benzene rings is 3. The number of aryl methyl sites for hydroxylation is 1. The van der Waals surface area contributed by atoms with E-state index in [1.54, 1.807) is 30.3 Å². The summed E-state index contributed by atoms with van der Waals surface area (Å²) < 4.78 is 28.0. The van der Waals surface area contributed by atoms with Crippen molar-refractivity contribution in [2.75, 3.05) is 4.72 Å². The van der Waals surface area contributed by atoms with Gasteiger partial charge in [-0.1, -0.05) is 48.0 Å². The summed E-state index contributed by atoms with van der Waals surface area (Å²) >= 11 is 0. The number of fused-ring (bicyclic) bond motifs is 3. The zero-order valence-corrected chi connectivity index (χ0v) is 13.9. The topological polar surface area (TPSA) is 62.0 Å². The maximum absolute atomic E-state index is 12.6. The molecule has 0 aliphatic heterocycles. The molecule has 24 heavy (non-hydrogen) atoms. The molecule has 1 aromatic heterocycles. The van der Waals surface area contributed by atoms with Crippen LogP contribution in [0.5, 0.6) is 0 Å². The fraction of sp³-hybridized carbons (Fsp3) is 0.0526. The van der Waals surface area contributed by atoms with Crippen molar-refractivity contribution >= 4 is 37.5 Å². The standard InChI is InChI=1S/C19H16N2O2S/c1-13-9-11-14(12-10-13)24(22,23)21-18-8-4-6-16-15-5-2-3-7-17(15)20-19(16)18/h2-12,20-21H,1H3. The average molecular weight is 336 g/mol. The smallest absolute Gasteiger partial charge is 0.261 e. The number of hydrogen-bond acceptors (Lipinski definition) is 2. The number of para-hydroxylation sites is 2. The molecular weight excluding hydrogens is 320 g/mol. The van der Waals surface area contributed by atoms with Crippen molar-refractivity contribution < 1.29 is 8.42 Å². The molecule has 0 fully saturated rings. The van der Waals surface area contributed by atoms with Crippen molar-refractivity contribution in [1.29, 1.82) is 0 Å². The number of nitrogens with one attached hydrogen (secondary N) is 2. The van der Waals surface area contributed by atoms with Crippen molar-refractivity contribution in [3.8, 4) is 0 Å². The van der Waals surface area contributed by atoms with Crippen molar-refractivity contribution in [2.24, 2.45) is 0 Å². The average Bonchev–Trinajstić information content (AvgIpc) is 2.95. The van der Waals surface area contributed by atoms with Crippen LogP contribution in [0, 0.1) is 6.92 Å². The minimum Gasteiger partial charge on any atom is -0.353 e. The second kappa shape index (κ2) is 5.39. The van der Waals surface area contributed by atoms with E-state index in [1.165, 1.54) is 0 Å². The molecule has 3 aromatic carbocycles. The summed E-state index contributed by atoms with van der Waals surface area (Å²) in [5.41, 5.74) is 3.33. The summed E-state index contributed by atoms with van der Waals surface area (Å²) in [4.78, 5) is 3.55. The maximum Gasteiger partial charge on any atom is 0.261 e. The quantitative estimate of drug-likeness (QED) is 0.581. The summed E-state index contributed by atoms with van der Waals surface area (Å²) in [6, 6.07) is 20.3. The van der Waals surface area contributed by atoms with Crippen LogP contribution in [-0.2, 0) is 10.0 Å². The summed E-state index contributed by atoms with van der Waals surface area (Å²) in [6.45, 7) is 1.93. The van der Waals surface area contributed by atoms with Gasteiger partial charge < -0.3 is 4.98 Å². The molecule has 4 aromatic rings. The molecule has 0 bridgehead atoms. The Balaban J connectivity index is 1.83. The Kier molecular flexibility index (Phi) is 3.32. The molecule has 1 heterocycles. The Hall–Kier alpha value is -2.79. The normalized spacial score (nSPS) is 11.9. The zero-order valence-electron chi connectivity index (χ0n) is 13.1. The predicted octanol–water partition coefficient (Wildman–Crippen LogP) is 4.43. The molecule has 0 atom stereocenters. The first-order valence-corrected chi connectivity index (χ1v) is 9.12. The van der Waals surface area contributed by atoms with Gasteiger partial charge in [0.2, 0.25) is 0 Å². The van der Waals surface area contributed by atoms with Gasteiger partial charge in [-0.3, -0.25) is 4.72 Å². The van der Waals surface area contributed by atoms with E-state index in [0.717, 1.165) is 27.4 Å². The third-order valence-corrected chi connectivity index (χ3v) is 5.50. The van der Waals surface area contributed by atoms with Crippen LogP contribution in [0.4, 0.5) is 5.69 Å². The molecule has 0 amide bonds. The van der Waals surface area contributed by atoms with Crippen LogP contribution in [0.3, 0.4) is 0 Å². The van der Waals surface area contributed by atoms with E-state index in [0.29, 0.717) is 5.69 Å². The fourth-order valence-corrected chi connectivity index (χ4v) is 3.95. The summed E-state index contributed by atoms with van der Waals surface area (Å²) in [5, 5.41) is 2.07. The highest BCUT2D eigenvalue weighted by Gasteiger charge is 2.16. The number of aromatic nitrogens is 1. The van der Waals surface area contributed by atoms with Crippen molar-refractivity contribution in [2.45, 2.75) is 11.8 Å². The lowest BCUT2D eigenvalue weighted by Crippen LogP contribution is -2.13. The lowest BCUT2D eigenvalue weighted by Gasteiger charge is -2.09. The summed E-state index contributed by atoms with van der Waals surface area (Å²) in [6.07, 6.45) is 0. The van der Waals surface area contributed by atoms with Gasteiger partial charge in [-0.2, -0.15) is 0 Å². The van der Waals surface area contributed by atoms with E-state index < -0.39 is 10.0 Å². The van der Waals surface area contributed by atoms with Gasteiger partial charge in [0.25, 0.3) is 10.0 Å². The first-order chi connectivity index (χ1) is 11.5. The van der Waals surface area contributed by atoms with Crippen LogP contribution < -0.4 is 4.72 Å². The molecule has 2 N–H and O–H groups in total. The number of rotatable bonds is 3. The van der Waals surface area contributed by atoms with Crippen molar-refractivity contribution in [3.63, 3.8) is 0 Å². The predicted molar refractivity (Wildman–Crippen MR) is 97.8 cm³/mol. The first-order valence-electron chi connectivity index (χ1n) is 7.63. The van der Waals surface area contributed by atoms with E-state index in [4.69, 9.17) is 0 Å². The van der Waals surface area contributed by atoms with Crippen LogP contribution in [0.1, 0.15) is 5.56 Å². The van der Waals surface area contributed by atoms with Gasteiger partial charge in [0, 0.05) is 16.3 Å². The number of H-pyrrole nitrogens is 1. The van der Waals surface area contributed by atoms with Gasteiger partial charge in [0.1, 0.15) is 0 Å². The Bertz CT molecular complexity index is 1140. The molecule has 0 radical (unpaired) electrons. The maximum atomic E-state index is 12.6. The highest BCUT2D eigenvalue weighted by atomic mass is 32.2. The zero-order chi connectivity index (χ0) is 16.7. The third kappa shape index (κ3) is 2.43. The molecule has 5 heteroatoms. The Labute approximate surface area is 140 Å². The Morgan fingerprint density at radius 3 is 2.33 bits per heavy atom. The summed E-state index contributed by atoms with van der Waals surface area (Å²) in [7, 11) is -3.63. The molecule has 0 aliphatic carbocycles. The Morgan fingerprint density at radius 2 is 1.54 bits per heavy atom. The van der Waals surface area contributed by atoms with Gasteiger partial charge in [-0.05, 0) is 31.2 Å². The minimum atomic E-state index is -3.63. The van der Waals surface area contributed by atoms with E-state index in [9.17, 15) is 8.42 Å². The molecule has 0 aliphatic rings. The van der Waals surface area contributed by atoms with Gasteiger partial charge in [-0.25, -0.2) is 8.42 Å². The molecule has 0 spiro atoms. The molecule has 4 rings (SSSR count). The van der Waals surface area contributed by atoms with Gasteiger partial charge >= 0.3 is 0 Å². The van der Waals surface area contributed by atoms with E-state index in [-0.39, 0.29) is 4.90 Å². The minimum absolute atomic E-state index is 0.251. The Morgan fingerprint density at radius 1 is 0.833 bits per heavy atom. The van der Waals surface area contributed by atoms with Crippen LogP contribution >= 0.6 is 0 Å². The summed E-state index contributed by atoms with van der Waals surface area (Å²) in [5.74, 6) is 0. The number of sulfonamides is 1. The fourth-order valence-electron chi connectivity index (χ4n) is 2.88. The van der Waals surface area contributed by atoms with Crippen molar-refractivity contribution in [1.82, 2.24) is 4.98 Å². The van der Waals surface area contributed by atoms with E-state index in [1.807, 2.05) is 43.3 Å². The number of hydrogen-bond donors (Lipinski definition) is 2. The second-order valence-corrected chi connectivity index (χ2v) is 7.50. The lowest BCUT2D eigenvalue weighted by atomic mass is 10.1. The molecule has 0 saturated heterocycles. The van der Waals surface area contributed by atoms with Gasteiger partial charge in [0.05, 0.1) is 16.1 Å². The monoisotopic (exact) mass is 336 g/mol. The SMILES string of the molecule is Cc1ccc(S(=O)(=O)Nc2cccc3c2[nH]c2ccccc23)cc1. The van der Waals surface area contributed by atoms with E-state index in [2.05, 4.69) is 9.71 Å². The third-order valence-electron chi connectivity index (χ3n) is 4.12. The van der Waals surface area contributed by atoms with Crippen LogP contribution in [0.25, 0.3) is 21.8 Å². The van der Waals surface area contributed by atoms with Crippen LogP contribution in [0.15, 0.2) is 71.6 Å². The molecule has 0 saturated carbocycles. The van der Waals surface area contributed by atoms with Crippen LogP contribution in [0.2, 0.25) is 0 Å². The first kappa shape index (κ1) is 14.8. The highest BCUT2D eigenvalue weighted by molar-refractivity contribution is 7.92. The lowest BCUT2D eigenvalue weighted by molar-refractivity contribution is 0.601.